The lowest BCUT2D eigenvalue weighted by atomic mass is 10.1. The lowest BCUT2D eigenvalue weighted by Crippen LogP contribution is -2.29. The van der Waals surface area contributed by atoms with Gasteiger partial charge in [0, 0.05) is 10.9 Å². The number of nitrogens with one attached hydrogen (secondary N) is 1. The summed E-state index contributed by atoms with van der Waals surface area (Å²) in [5.41, 5.74) is 2.69. The first-order valence-corrected chi connectivity index (χ1v) is 6.64. The second kappa shape index (κ2) is 6.94. The molecular weight excluding hydrogens is 218 g/mol. The first kappa shape index (κ1) is 13.6. The van der Waals surface area contributed by atoms with Gasteiger partial charge in [-0.15, -0.1) is 11.8 Å². The predicted octanol–water partition coefficient (Wildman–Crippen LogP) is 2.37. The Morgan fingerprint density at radius 1 is 1.31 bits per heavy atom. The van der Waals surface area contributed by atoms with Crippen molar-refractivity contribution in [2.45, 2.75) is 31.2 Å². The zero-order valence-corrected chi connectivity index (χ0v) is 11.1. The number of hydrogen-bond acceptors (Lipinski definition) is 3. The van der Waals surface area contributed by atoms with Crippen molar-refractivity contribution >= 4 is 11.8 Å². The van der Waals surface area contributed by atoms with Crippen molar-refractivity contribution in [2.75, 3.05) is 19.4 Å². The monoisotopic (exact) mass is 239 g/mol. The topological polar surface area (TPSA) is 32.3 Å². The highest BCUT2D eigenvalue weighted by Gasteiger charge is 2.04. The number of thioether (sulfide) groups is 1. The second-order valence-electron chi connectivity index (χ2n) is 4.05. The zero-order chi connectivity index (χ0) is 12.0. The van der Waals surface area contributed by atoms with Crippen molar-refractivity contribution in [3.05, 3.63) is 29.3 Å². The molecule has 0 bridgehead atoms. The third kappa shape index (κ3) is 4.16. The molecule has 1 aromatic carbocycles. The number of aliphatic hydroxyl groups excluding tert-OH is 1. The smallest absolute Gasteiger partial charge is 0.0584 e. The Morgan fingerprint density at radius 2 is 2.06 bits per heavy atom. The molecule has 0 aromatic heterocycles. The molecule has 0 radical (unpaired) electrons. The summed E-state index contributed by atoms with van der Waals surface area (Å²) in [6.45, 7) is 4.49. The minimum Gasteiger partial charge on any atom is -0.395 e. The molecule has 90 valence electrons. The van der Waals surface area contributed by atoms with Gasteiger partial charge in [-0.25, -0.2) is 0 Å². The van der Waals surface area contributed by atoms with Crippen molar-refractivity contribution in [3.8, 4) is 0 Å². The maximum Gasteiger partial charge on any atom is 0.0584 e. The molecule has 0 saturated carbocycles. The van der Waals surface area contributed by atoms with Crippen LogP contribution >= 0.6 is 11.8 Å². The summed E-state index contributed by atoms with van der Waals surface area (Å²) in [5.74, 6) is 1.04. The van der Waals surface area contributed by atoms with Crippen LogP contribution in [0.15, 0.2) is 23.1 Å². The van der Waals surface area contributed by atoms with Crippen LogP contribution in [0.4, 0.5) is 0 Å². The van der Waals surface area contributed by atoms with Crippen molar-refractivity contribution < 1.29 is 5.11 Å². The van der Waals surface area contributed by atoms with Crippen LogP contribution in [0.1, 0.15) is 17.5 Å². The highest BCUT2D eigenvalue weighted by molar-refractivity contribution is 7.99. The fraction of sp³-hybridized carbons (Fsp3) is 0.538. The van der Waals surface area contributed by atoms with Crippen molar-refractivity contribution in [1.82, 2.24) is 5.32 Å². The van der Waals surface area contributed by atoms with Gasteiger partial charge in [0.15, 0.2) is 0 Å². The number of rotatable bonds is 6. The van der Waals surface area contributed by atoms with Crippen LogP contribution in [0.2, 0.25) is 0 Å². The summed E-state index contributed by atoms with van der Waals surface area (Å²) in [4.78, 5) is 1.32. The van der Waals surface area contributed by atoms with E-state index in [0.29, 0.717) is 0 Å². The molecule has 0 spiro atoms. The Labute approximate surface area is 102 Å². The van der Waals surface area contributed by atoms with Gasteiger partial charge in [0.2, 0.25) is 0 Å². The molecule has 0 aliphatic carbocycles. The van der Waals surface area contributed by atoms with Crippen LogP contribution in [-0.4, -0.2) is 30.6 Å². The summed E-state index contributed by atoms with van der Waals surface area (Å²) >= 11 is 1.85. The fourth-order valence-corrected chi connectivity index (χ4v) is 2.51. The summed E-state index contributed by atoms with van der Waals surface area (Å²) in [6.07, 6.45) is 0.991. The van der Waals surface area contributed by atoms with E-state index in [1.54, 1.807) is 0 Å². The van der Waals surface area contributed by atoms with Gasteiger partial charge in [0.1, 0.15) is 0 Å². The van der Waals surface area contributed by atoms with Gasteiger partial charge in [0.05, 0.1) is 6.61 Å². The van der Waals surface area contributed by atoms with Gasteiger partial charge in [0.25, 0.3) is 0 Å². The van der Waals surface area contributed by atoms with E-state index < -0.39 is 0 Å². The van der Waals surface area contributed by atoms with E-state index in [1.807, 2.05) is 18.8 Å². The van der Waals surface area contributed by atoms with Crippen LogP contribution < -0.4 is 5.32 Å². The predicted molar refractivity (Wildman–Crippen MR) is 71.2 cm³/mol. The third-order valence-corrected chi connectivity index (χ3v) is 3.87. The van der Waals surface area contributed by atoms with E-state index in [2.05, 4.69) is 37.4 Å². The number of hydrogen-bond donors (Lipinski definition) is 2. The first-order chi connectivity index (χ1) is 7.67. The molecule has 1 rings (SSSR count). The van der Waals surface area contributed by atoms with Gasteiger partial charge in [-0.3, -0.25) is 0 Å². The first-order valence-electron chi connectivity index (χ1n) is 5.65. The Balaban J connectivity index is 2.40. The zero-order valence-electron chi connectivity index (χ0n) is 10.3. The maximum absolute atomic E-state index is 9.03. The fourth-order valence-electron chi connectivity index (χ4n) is 1.45. The van der Waals surface area contributed by atoms with Crippen LogP contribution in [0.3, 0.4) is 0 Å². The molecular formula is C13H21NOS. The van der Waals surface area contributed by atoms with Crippen LogP contribution in [0, 0.1) is 13.8 Å². The minimum absolute atomic E-state index is 0.212. The molecule has 0 amide bonds. The molecule has 2 N–H and O–H groups in total. The van der Waals surface area contributed by atoms with Gasteiger partial charge in [-0.05, 0) is 56.3 Å². The summed E-state index contributed by atoms with van der Waals surface area (Å²) < 4.78 is 0. The minimum atomic E-state index is 0.212. The molecule has 3 heteroatoms. The van der Waals surface area contributed by atoms with Crippen molar-refractivity contribution in [3.63, 3.8) is 0 Å². The lowest BCUT2D eigenvalue weighted by molar-refractivity contribution is 0.246. The van der Waals surface area contributed by atoms with Gasteiger partial charge in [-0.1, -0.05) is 6.07 Å². The van der Waals surface area contributed by atoms with E-state index in [1.165, 1.54) is 16.0 Å². The Kier molecular flexibility index (Phi) is 5.88. The van der Waals surface area contributed by atoms with Crippen molar-refractivity contribution in [1.29, 1.82) is 0 Å². The lowest BCUT2D eigenvalue weighted by Gasteiger charge is -2.12. The Morgan fingerprint density at radius 3 is 2.62 bits per heavy atom. The highest BCUT2D eigenvalue weighted by atomic mass is 32.2. The van der Waals surface area contributed by atoms with Gasteiger partial charge < -0.3 is 10.4 Å². The molecule has 16 heavy (non-hydrogen) atoms. The molecule has 1 unspecified atom stereocenters. The Bertz CT molecular complexity index is 324. The van der Waals surface area contributed by atoms with Gasteiger partial charge >= 0.3 is 0 Å². The quantitative estimate of drug-likeness (QED) is 0.748. The molecule has 0 heterocycles. The van der Waals surface area contributed by atoms with Crippen molar-refractivity contribution in [2.24, 2.45) is 0 Å². The highest BCUT2D eigenvalue weighted by Crippen LogP contribution is 2.21. The molecule has 1 aromatic rings. The second-order valence-corrected chi connectivity index (χ2v) is 5.22. The third-order valence-electron chi connectivity index (χ3n) is 2.84. The van der Waals surface area contributed by atoms with E-state index in [-0.39, 0.29) is 12.6 Å². The Hall–Kier alpha value is -0.510. The standard InChI is InChI=1S/C13H21NOS/c1-10-4-5-13(8-11(10)2)16-7-6-12(9-15)14-3/h4-5,8,12,14-15H,6-7,9H2,1-3H3. The van der Waals surface area contributed by atoms with Crippen LogP contribution in [-0.2, 0) is 0 Å². The van der Waals surface area contributed by atoms with Crippen LogP contribution in [0.5, 0.6) is 0 Å². The van der Waals surface area contributed by atoms with E-state index in [9.17, 15) is 0 Å². The summed E-state index contributed by atoms with van der Waals surface area (Å²) in [6, 6.07) is 6.78. The summed E-state index contributed by atoms with van der Waals surface area (Å²) in [7, 11) is 1.89. The van der Waals surface area contributed by atoms with E-state index in [4.69, 9.17) is 5.11 Å². The van der Waals surface area contributed by atoms with Gasteiger partial charge in [-0.2, -0.15) is 0 Å². The van der Waals surface area contributed by atoms with Crippen LogP contribution in [0.25, 0.3) is 0 Å². The van der Waals surface area contributed by atoms with E-state index >= 15 is 0 Å². The number of benzene rings is 1. The molecule has 2 nitrogen and oxygen atoms in total. The maximum atomic E-state index is 9.03. The summed E-state index contributed by atoms with van der Waals surface area (Å²) in [5, 5.41) is 12.1. The average molecular weight is 239 g/mol. The molecule has 0 aliphatic rings. The number of aliphatic hydroxyl groups is 1. The number of aryl methyl sites for hydroxylation is 2. The number of likely N-dealkylation sites (N-methyl/N-ethyl adjacent to an activating group) is 1. The molecule has 0 saturated heterocycles. The molecule has 0 aliphatic heterocycles. The molecule has 0 fully saturated rings. The van der Waals surface area contributed by atoms with E-state index in [0.717, 1.165) is 12.2 Å². The SMILES string of the molecule is CNC(CO)CCSc1ccc(C)c(C)c1. The average Bonchev–Trinajstić information content (AvgIpc) is 2.29. The molecule has 1 atom stereocenters. The largest absolute Gasteiger partial charge is 0.395 e. The normalized spacial score (nSPS) is 12.8.